The van der Waals surface area contributed by atoms with Gasteiger partial charge < -0.3 is 5.32 Å². The van der Waals surface area contributed by atoms with Crippen molar-refractivity contribution in [3.8, 4) is 0 Å². The van der Waals surface area contributed by atoms with Crippen LogP contribution >= 0.6 is 0 Å². The van der Waals surface area contributed by atoms with Gasteiger partial charge >= 0.3 is 0 Å². The van der Waals surface area contributed by atoms with Crippen LogP contribution in [0.4, 0.5) is 0 Å². The predicted molar refractivity (Wildman–Crippen MR) is 59.0 cm³/mol. The summed E-state index contributed by atoms with van der Waals surface area (Å²) in [4.78, 5) is 11.5. The number of hydrogen-bond acceptors (Lipinski definition) is 1. The maximum atomic E-state index is 11.5. The Morgan fingerprint density at radius 1 is 1.43 bits per heavy atom. The number of unbranched alkanes of at least 4 members (excludes halogenated alkanes) is 2. The van der Waals surface area contributed by atoms with Crippen molar-refractivity contribution in [2.24, 2.45) is 11.8 Å². The van der Waals surface area contributed by atoms with Crippen molar-refractivity contribution < 1.29 is 4.79 Å². The van der Waals surface area contributed by atoms with Gasteiger partial charge in [-0.25, -0.2) is 0 Å². The molecule has 0 aromatic rings. The smallest absolute Gasteiger partial charge is 0.223 e. The molecular weight excluding hydrogens is 174 g/mol. The molecule has 0 bridgehead atoms. The van der Waals surface area contributed by atoms with Crippen LogP contribution in [0.25, 0.3) is 0 Å². The molecule has 0 spiro atoms. The predicted octanol–water partition coefficient (Wildman–Crippen LogP) is 2.73. The Bertz CT molecular complexity index is 189. The summed E-state index contributed by atoms with van der Waals surface area (Å²) in [6.45, 7) is 6.26. The lowest BCUT2D eigenvalue weighted by Gasteiger charge is -2.07. The van der Waals surface area contributed by atoms with Gasteiger partial charge in [0, 0.05) is 12.0 Å². The Morgan fingerprint density at radius 2 is 2.14 bits per heavy atom. The van der Waals surface area contributed by atoms with Crippen molar-refractivity contribution >= 4 is 5.91 Å². The van der Waals surface area contributed by atoms with Crippen molar-refractivity contribution in [2.75, 3.05) is 0 Å². The quantitative estimate of drug-likeness (QED) is 0.652. The lowest BCUT2D eigenvalue weighted by molar-refractivity contribution is -0.123. The molecule has 0 aliphatic heterocycles. The highest BCUT2D eigenvalue weighted by atomic mass is 16.2. The van der Waals surface area contributed by atoms with Gasteiger partial charge in [-0.2, -0.15) is 0 Å². The van der Waals surface area contributed by atoms with Crippen LogP contribution in [0.15, 0.2) is 0 Å². The molecule has 0 heterocycles. The Kier molecular flexibility index (Phi) is 4.43. The number of nitrogens with one attached hydrogen (secondary N) is 1. The first-order valence-electron chi connectivity index (χ1n) is 5.95. The molecule has 0 radical (unpaired) electrons. The fourth-order valence-corrected chi connectivity index (χ4v) is 1.94. The van der Waals surface area contributed by atoms with Crippen LogP contribution in [0.1, 0.15) is 52.9 Å². The molecular formula is C12H23NO. The zero-order chi connectivity index (χ0) is 10.6. The van der Waals surface area contributed by atoms with E-state index in [1.807, 2.05) is 13.8 Å². The zero-order valence-corrected chi connectivity index (χ0v) is 9.68. The molecule has 0 unspecified atom stereocenters. The van der Waals surface area contributed by atoms with Crippen molar-refractivity contribution in [1.82, 2.24) is 5.32 Å². The molecule has 2 heteroatoms. The van der Waals surface area contributed by atoms with Gasteiger partial charge in [-0.3, -0.25) is 4.79 Å². The van der Waals surface area contributed by atoms with Crippen LogP contribution in [0.2, 0.25) is 0 Å². The third kappa shape index (κ3) is 3.69. The number of hydrogen-bond donors (Lipinski definition) is 1. The molecule has 2 nitrogen and oxygen atoms in total. The fraction of sp³-hybridized carbons (Fsp3) is 0.917. The van der Waals surface area contributed by atoms with E-state index in [4.69, 9.17) is 0 Å². The summed E-state index contributed by atoms with van der Waals surface area (Å²) in [5.41, 5.74) is 0. The first-order valence-corrected chi connectivity index (χ1v) is 5.95. The first-order chi connectivity index (χ1) is 6.65. The van der Waals surface area contributed by atoms with Gasteiger partial charge in [-0.05, 0) is 32.6 Å². The van der Waals surface area contributed by atoms with E-state index in [0.717, 1.165) is 6.42 Å². The Morgan fingerprint density at radius 3 is 2.71 bits per heavy atom. The molecule has 1 fully saturated rings. The third-order valence-corrected chi connectivity index (χ3v) is 2.87. The minimum atomic E-state index is 0.279. The number of amides is 1. The summed E-state index contributed by atoms with van der Waals surface area (Å²) in [6.07, 6.45) is 6.27. The van der Waals surface area contributed by atoms with E-state index in [1.54, 1.807) is 0 Å². The highest BCUT2D eigenvalue weighted by Gasteiger charge is 2.41. The van der Waals surface area contributed by atoms with E-state index in [0.29, 0.717) is 17.9 Å². The van der Waals surface area contributed by atoms with Gasteiger partial charge in [0.2, 0.25) is 5.91 Å². The number of carbonyl (C=O) groups excluding carboxylic acids is 1. The molecule has 0 aromatic carbocycles. The van der Waals surface area contributed by atoms with Crippen LogP contribution in [0, 0.1) is 11.8 Å². The van der Waals surface area contributed by atoms with E-state index in [2.05, 4.69) is 12.2 Å². The Balaban J connectivity index is 2.09. The molecule has 1 N–H and O–H groups in total. The average Bonchev–Trinajstić information content (AvgIpc) is 2.83. The summed E-state index contributed by atoms with van der Waals surface area (Å²) in [5.74, 6) is 1.32. The van der Waals surface area contributed by atoms with E-state index in [-0.39, 0.29) is 5.91 Å². The van der Waals surface area contributed by atoms with E-state index < -0.39 is 0 Å². The molecule has 1 amide bonds. The summed E-state index contributed by atoms with van der Waals surface area (Å²) in [7, 11) is 0. The molecule has 14 heavy (non-hydrogen) atoms. The van der Waals surface area contributed by atoms with Gasteiger partial charge in [0.25, 0.3) is 0 Å². The maximum absolute atomic E-state index is 11.5. The standard InChI is InChI=1S/C12H23NO/c1-4-5-6-7-10-8-11(10)12(14)13-9(2)3/h9-11H,4-8H2,1-3H3,(H,13,14)/t10-,11-/m1/s1. The largest absolute Gasteiger partial charge is 0.354 e. The molecule has 1 rings (SSSR count). The first kappa shape index (κ1) is 11.5. The van der Waals surface area contributed by atoms with Gasteiger partial charge in [0.1, 0.15) is 0 Å². The van der Waals surface area contributed by atoms with E-state index >= 15 is 0 Å². The summed E-state index contributed by atoms with van der Waals surface area (Å²) >= 11 is 0. The minimum absolute atomic E-state index is 0.279. The molecule has 0 aromatic heterocycles. The van der Waals surface area contributed by atoms with Crippen molar-refractivity contribution in [1.29, 1.82) is 0 Å². The zero-order valence-electron chi connectivity index (χ0n) is 9.68. The van der Waals surface area contributed by atoms with Gasteiger partial charge in [0.15, 0.2) is 0 Å². The van der Waals surface area contributed by atoms with Crippen LogP contribution in [-0.4, -0.2) is 11.9 Å². The Labute approximate surface area is 87.5 Å². The van der Waals surface area contributed by atoms with E-state index in [9.17, 15) is 4.79 Å². The molecule has 0 saturated heterocycles. The molecule has 1 aliphatic carbocycles. The summed E-state index contributed by atoms with van der Waals surface area (Å²) < 4.78 is 0. The molecule has 1 saturated carbocycles. The molecule has 2 atom stereocenters. The minimum Gasteiger partial charge on any atom is -0.354 e. The highest BCUT2D eigenvalue weighted by Crippen LogP contribution is 2.42. The second-order valence-electron chi connectivity index (χ2n) is 4.76. The number of rotatable bonds is 6. The lowest BCUT2D eigenvalue weighted by atomic mass is 10.1. The average molecular weight is 197 g/mol. The SMILES string of the molecule is CCCCC[C@@H]1C[C@H]1C(=O)NC(C)C. The van der Waals surface area contributed by atoms with Gasteiger partial charge in [0.05, 0.1) is 0 Å². The van der Waals surface area contributed by atoms with Crippen molar-refractivity contribution in [2.45, 2.75) is 58.9 Å². The topological polar surface area (TPSA) is 29.1 Å². The number of carbonyl (C=O) groups is 1. The third-order valence-electron chi connectivity index (χ3n) is 2.87. The second-order valence-corrected chi connectivity index (χ2v) is 4.76. The van der Waals surface area contributed by atoms with Crippen molar-refractivity contribution in [3.63, 3.8) is 0 Å². The van der Waals surface area contributed by atoms with Crippen LogP contribution in [0.5, 0.6) is 0 Å². The van der Waals surface area contributed by atoms with Crippen LogP contribution in [-0.2, 0) is 4.79 Å². The summed E-state index contributed by atoms with van der Waals surface area (Å²) in [6, 6.07) is 0.291. The van der Waals surface area contributed by atoms with E-state index in [1.165, 1.54) is 25.7 Å². The van der Waals surface area contributed by atoms with Crippen molar-refractivity contribution in [3.05, 3.63) is 0 Å². The lowest BCUT2D eigenvalue weighted by Crippen LogP contribution is -2.31. The molecule has 1 aliphatic rings. The maximum Gasteiger partial charge on any atom is 0.223 e. The van der Waals surface area contributed by atoms with Crippen LogP contribution in [0.3, 0.4) is 0 Å². The fourth-order valence-electron chi connectivity index (χ4n) is 1.94. The monoisotopic (exact) mass is 197 g/mol. The second kappa shape index (κ2) is 5.38. The van der Waals surface area contributed by atoms with Gasteiger partial charge in [-0.15, -0.1) is 0 Å². The van der Waals surface area contributed by atoms with Gasteiger partial charge in [-0.1, -0.05) is 26.2 Å². The molecule has 82 valence electrons. The Hall–Kier alpha value is -0.530. The normalized spacial score (nSPS) is 25.1. The summed E-state index contributed by atoms with van der Waals surface area (Å²) in [5, 5.41) is 2.99. The highest BCUT2D eigenvalue weighted by molar-refractivity contribution is 5.81. The van der Waals surface area contributed by atoms with Crippen LogP contribution < -0.4 is 5.32 Å².